The molecule has 2 aromatic heterocycles. The van der Waals surface area contributed by atoms with Crippen LogP contribution in [0.3, 0.4) is 0 Å². The second-order valence-electron chi connectivity index (χ2n) is 6.45. The fourth-order valence-electron chi connectivity index (χ4n) is 3.04. The third kappa shape index (κ3) is 3.85. The van der Waals surface area contributed by atoms with Gasteiger partial charge in [0, 0.05) is 23.9 Å². The number of amides is 2. The molecule has 0 unspecified atom stereocenters. The number of nitrogens with one attached hydrogen (secondary N) is 2. The van der Waals surface area contributed by atoms with Gasteiger partial charge in [-0.25, -0.2) is 13.8 Å². The van der Waals surface area contributed by atoms with E-state index in [4.69, 9.17) is 11.6 Å². The van der Waals surface area contributed by atoms with Gasteiger partial charge in [0.25, 0.3) is 11.8 Å². The van der Waals surface area contributed by atoms with E-state index < -0.39 is 17.5 Å². The number of aromatic nitrogens is 3. The minimum absolute atomic E-state index is 0.126. The molecule has 0 atom stereocenters. The van der Waals surface area contributed by atoms with E-state index in [0.717, 1.165) is 21.6 Å². The summed E-state index contributed by atoms with van der Waals surface area (Å²) in [6.07, 6.45) is 0.675. The summed E-state index contributed by atoms with van der Waals surface area (Å²) in [6, 6.07) is 2.80. The number of aromatic amines is 1. The second-order valence-corrected chi connectivity index (χ2v) is 8.14. The molecule has 29 heavy (non-hydrogen) atoms. The highest BCUT2D eigenvalue weighted by Gasteiger charge is 2.26. The SMILES string of the molecule is Cc1nc2c(s1)CN(C(=O)c1cc(NC(=O)c3cc(F)c(F)cc3Cl)[nH]n1)CC2. The molecule has 2 amide bonds. The molecule has 0 fully saturated rings. The highest BCUT2D eigenvalue weighted by Crippen LogP contribution is 2.26. The van der Waals surface area contributed by atoms with Gasteiger partial charge >= 0.3 is 0 Å². The van der Waals surface area contributed by atoms with Gasteiger partial charge in [-0.15, -0.1) is 11.3 Å². The number of nitrogens with zero attached hydrogens (tertiary/aromatic N) is 3. The standard InChI is InChI=1S/C18H14ClF2N5O2S/c1-8-22-13-2-3-26(7-15(13)29-8)18(28)14-6-16(25-24-14)23-17(27)9-4-11(20)12(21)5-10(9)19/h4-6H,2-3,7H2,1H3,(H2,23,24,25,27). The molecule has 1 aliphatic rings. The first-order valence-electron chi connectivity index (χ1n) is 8.57. The van der Waals surface area contributed by atoms with Crippen LogP contribution in [0.1, 0.15) is 36.4 Å². The number of H-pyrrole nitrogens is 1. The third-order valence-electron chi connectivity index (χ3n) is 4.43. The van der Waals surface area contributed by atoms with E-state index in [1.807, 2.05) is 6.92 Å². The normalized spacial score (nSPS) is 13.3. The maximum atomic E-state index is 13.4. The van der Waals surface area contributed by atoms with Gasteiger partial charge in [0.1, 0.15) is 5.82 Å². The number of benzene rings is 1. The predicted molar refractivity (Wildman–Crippen MR) is 103 cm³/mol. The highest BCUT2D eigenvalue weighted by atomic mass is 35.5. The quantitative estimate of drug-likeness (QED) is 0.613. The first-order chi connectivity index (χ1) is 13.8. The number of anilines is 1. The molecule has 0 saturated heterocycles. The Balaban J connectivity index is 1.46. The monoisotopic (exact) mass is 437 g/mol. The van der Waals surface area contributed by atoms with Crippen LogP contribution in [0.25, 0.3) is 0 Å². The van der Waals surface area contributed by atoms with E-state index in [1.54, 1.807) is 16.2 Å². The van der Waals surface area contributed by atoms with Crippen molar-refractivity contribution in [2.24, 2.45) is 0 Å². The van der Waals surface area contributed by atoms with Crippen LogP contribution in [0.5, 0.6) is 0 Å². The van der Waals surface area contributed by atoms with E-state index in [0.29, 0.717) is 25.6 Å². The third-order valence-corrected chi connectivity index (χ3v) is 5.74. The van der Waals surface area contributed by atoms with Gasteiger partial charge in [-0.2, -0.15) is 5.10 Å². The molecule has 1 aliphatic heterocycles. The summed E-state index contributed by atoms with van der Waals surface area (Å²) in [6.45, 7) is 2.91. The maximum Gasteiger partial charge on any atom is 0.274 e. The lowest BCUT2D eigenvalue weighted by atomic mass is 10.1. The number of carbonyl (C=O) groups excluding carboxylic acids is 2. The van der Waals surface area contributed by atoms with Crippen LogP contribution in [0.2, 0.25) is 5.02 Å². The largest absolute Gasteiger partial charge is 0.332 e. The van der Waals surface area contributed by atoms with E-state index in [2.05, 4.69) is 20.5 Å². The highest BCUT2D eigenvalue weighted by molar-refractivity contribution is 7.11. The molecule has 0 radical (unpaired) electrons. The Kier molecular flexibility index (Phi) is 5.05. The lowest BCUT2D eigenvalue weighted by molar-refractivity contribution is 0.0730. The van der Waals surface area contributed by atoms with Crippen molar-refractivity contribution in [2.45, 2.75) is 19.9 Å². The topological polar surface area (TPSA) is 91.0 Å². The van der Waals surface area contributed by atoms with E-state index >= 15 is 0 Å². The van der Waals surface area contributed by atoms with E-state index in [9.17, 15) is 18.4 Å². The zero-order valence-electron chi connectivity index (χ0n) is 15.1. The van der Waals surface area contributed by atoms with Crippen molar-refractivity contribution in [1.82, 2.24) is 20.1 Å². The van der Waals surface area contributed by atoms with Gasteiger partial charge in [0.05, 0.1) is 27.8 Å². The average Bonchev–Trinajstić information content (AvgIpc) is 3.28. The van der Waals surface area contributed by atoms with Gasteiger partial charge in [-0.3, -0.25) is 14.7 Å². The zero-order chi connectivity index (χ0) is 20.7. The van der Waals surface area contributed by atoms with Crippen LogP contribution in [0.4, 0.5) is 14.6 Å². The van der Waals surface area contributed by atoms with Crippen molar-refractivity contribution in [2.75, 3.05) is 11.9 Å². The summed E-state index contributed by atoms with van der Waals surface area (Å²) < 4.78 is 26.6. The Labute approximate surface area is 172 Å². The van der Waals surface area contributed by atoms with Crippen molar-refractivity contribution in [1.29, 1.82) is 0 Å². The van der Waals surface area contributed by atoms with Crippen LogP contribution in [-0.4, -0.2) is 38.4 Å². The summed E-state index contributed by atoms with van der Waals surface area (Å²) >= 11 is 7.37. The molecule has 7 nitrogen and oxygen atoms in total. The first kappa shape index (κ1) is 19.5. The Bertz CT molecular complexity index is 1130. The molecule has 150 valence electrons. The Morgan fingerprint density at radius 3 is 2.83 bits per heavy atom. The van der Waals surface area contributed by atoms with Crippen LogP contribution in [-0.2, 0) is 13.0 Å². The van der Waals surface area contributed by atoms with Gasteiger partial charge in [0.2, 0.25) is 0 Å². The maximum absolute atomic E-state index is 13.4. The van der Waals surface area contributed by atoms with Gasteiger partial charge in [0.15, 0.2) is 17.3 Å². The van der Waals surface area contributed by atoms with Crippen molar-refractivity contribution in [3.8, 4) is 0 Å². The summed E-state index contributed by atoms with van der Waals surface area (Å²) in [5.74, 6) is -3.27. The molecule has 1 aromatic carbocycles. The Morgan fingerprint density at radius 1 is 1.28 bits per heavy atom. The van der Waals surface area contributed by atoms with Crippen LogP contribution in [0, 0.1) is 18.6 Å². The Morgan fingerprint density at radius 2 is 2.03 bits per heavy atom. The average molecular weight is 438 g/mol. The molecular weight excluding hydrogens is 424 g/mol. The fourth-order valence-corrected chi connectivity index (χ4v) is 4.28. The second kappa shape index (κ2) is 7.53. The number of thiazole rings is 1. The number of fused-ring (bicyclic) bond motifs is 1. The number of hydrogen-bond acceptors (Lipinski definition) is 5. The summed E-state index contributed by atoms with van der Waals surface area (Å²) in [5.41, 5.74) is 0.911. The van der Waals surface area contributed by atoms with Gasteiger partial charge < -0.3 is 10.2 Å². The number of rotatable bonds is 3. The number of halogens is 3. The molecule has 4 rings (SSSR count). The van der Waals surface area contributed by atoms with E-state index in [-0.39, 0.29) is 28.0 Å². The molecule has 0 saturated carbocycles. The zero-order valence-corrected chi connectivity index (χ0v) is 16.6. The van der Waals surface area contributed by atoms with Crippen molar-refractivity contribution in [3.05, 3.63) is 61.7 Å². The molecule has 3 aromatic rings. The minimum Gasteiger partial charge on any atom is -0.332 e. The molecule has 0 aliphatic carbocycles. The van der Waals surface area contributed by atoms with Crippen LogP contribution < -0.4 is 5.32 Å². The lowest BCUT2D eigenvalue weighted by Crippen LogP contribution is -2.35. The number of carbonyl (C=O) groups is 2. The van der Waals surface area contributed by atoms with E-state index in [1.165, 1.54) is 6.07 Å². The summed E-state index contributed by atoms with van der Waals surface area (Å²) in [5, 5.41) is 9.65. The van der Waals surface area contributed by atoms with Crippen molar-refractivity contribution in [3.63, 3.8) is 0 Å². The van der Waals surface area contributed by atoms with Crippen molar-refractivity contribution >= 4 is 40.6 Å². The van der Waals surface area contributed by atoms with Crippen LogP contribution in [0.15, 0.2) is 18.2 Å². The van der Waals surface area contributed by atoms with Gasteiger partial charge in [-0.1, -0.05) is 11.6 Å². The lowest BCUT2D eigenvalue weighted by Gasteiger charge is -2.25. The predicted octanol–water partition coefficient (Wildman–Crippen LogP) is 3.56. The van der Waals surface area contributed by atoms with Crippen LogP contribution >= 0.6 is 22.9 Å². The molecular formula is C18H14ClF2N5O2S. The summed E-state index contributed by atoms with van der Waals surface area (Å²) in [7, 11) is 0. The molecule has 0 spiro atoms. The summed E-state index contributed by atoms with van der Waals surface area (Å²) in [4.78, 5) is 32.2. The first-order valence-corrected chi connectivity index (χ1v) is 9.77. The Hall–Kier alpha value is -2.85. The van der Waals surface area contributed by atoms with Gasteiger partial charge in [-0.05, 0) is 19.1 Å². The van der Waals surface area contributed by atoms with Crippen molar-refractivity contribution < 1.29 is 18.4 Å². The minimum atomic E-state index is -1.19. The number of hydrogen-bond donors (Lipinski definition) is 2. The molecule has 0 bridgehead atoms. The molecule has 3 heterocycles. The molecule has 2 N–H and O–H groups in total. The molecule has 11 heteroatoms. The fraction of sp³-hybridized carbons (Fsp3) is 0.222. The number of aryl methyl sites for hydroxylation is 1. The smallest absolute Gasteiger partial charge is 0.274 e.